The van der Waals surface area contributed by atoms with Crippen molar-refractivity contribution in [3.05, 3.63) is 76.6 Å². The summed E-state index contributed by atoms with van der Waals surface area (Å²) in [6.07, 6.45) is 5.72. The Hall–Kier alpha value is -2.99. The molecular formula is C20H18N4OS. The zero-order valence-corrected chi connectivity index (χ0v) is 15.2. The van der Waals surface area contributed by atoms with Gasteiger partial charge in [0.15, 0.2) is 5.82 Å². The van der Waals surface area contributed by atoms with E-state index in [9.17, 15) is 0 Å². The zero-order chi connectivity index (χ0) is 17.8. The highest BCUT2D eigenvalue weighted by Crippen LogP contribution is 2.22. The Labute approximate surface area is 155 Å². The summed E-state index contributed by atoms with van der Waals surface area (Å²) in [5.74, 6) is 1.73. The van der Waals surface area contributed by atoms with Crippen molar-refractivity contribution in [2.45, 2.75) is 12.8 Å². The molecule has 0 N–H and O–H groups in total. The lowest BCUT2D eigenvalue weighted by Crippen LogP contribution is -1.99. The van der Waals surface area contributed by atoms with E-state index in [1.807, 2.05) is 47.0 Å². The fourth-order valence-electron chi connectivity index (χ4n) is 2.76. The number of aryl methyl sites for hydroxylation is 2. The van der Waals surface area contributed by atoms with Crippen molar-refractivity contribution >= 4 is 28.4 Å². The number of para-hydroxylation sites is 1. The average Bonchev–Trinajstić information content (AvgIpc) is 3.26. The maximum Gasteiger partial charge on any atom is 0.234 e. The molecule has 6 heteroatoms. The molecule has 26 heavy (non-hydrogen) atoms. The number of rotatable bonds is 6. The highest BCUT2D eigenvalue weighted by Gasteiger charge is 2.10. The number of ether oxygens (including phenoxy) is 1. The quantitative estimate of drug-likeness (QED) is 0.517. The summed E-state index contributed by atoms with van der Waals surface area (Å²) in [5.41, 5.74) is 2.31. The number of aromatic nitrogens is 4. The van der Waals surface area contributed by atoms with Gasteiger partial charge in [-0.2, -0.15) is 9.61 Å². The van der Waals surface area contributed by atoms with E-state index in [1.54, 1.807) is 7.11 Å². The summed E-state index contributed by atoms with van der Waals surface area (Å²) in [6, 6.07) is 18.3. The molecule has 0 radical (unpaired) electrons. The molecule has 0 saturated heterocycles. The molecule has 0 aliphatic rings. The number of methoxy groups -OCH3 is 1. The van der Waals surface area contributed by atoms with Crippen LogP contribution >= 0.6 is 11.3 Å². The molecule has 0 aliphatic heterocycles. The molecule has 2 aromatic carbocycles. The van der Waals surface area contributed by atoms with Gasteiger partial charge in [-0.25, -0.2) is 0 Å². The highest BCUT2D eigenvalue weighted by atomic mass is 32.1. The van der Waals surface area contributed by atoms with Crippen molar-refractivity contribution in [2.24, 2.45) is 0 Å². The summed E-state index contributed by atoms with van der Waals surface area (Å²) >= 11 is 1.52. The maximum absolute atomic E-state index is 5.37. The second kappa shape index (κ2) is 7.49. The molecule has 0 amide bonds. The second-order valence-corrected chi connectivity index (χ2v) is 6.80. The first-order valence-corrected chi connectivity index (χ1v) is 9.21. The van der Waals surface area contributed by atoms with Gasteiger partial charge in [0.25, 0.3) is 0 Å². The topological polar surface area (TPSA) is 52.3 Å². The van der Waals surface area contributed by atoms with Crippen LogP contribution < -0.4 is 4.74 Å². The van der Waals surface area contributed by atoms with Gasteiger partial charge in [0.05, 0.1) is 7.11 Å². The van der Waals surface area contributed by atoms with Crippen LogP contribution in [-0.2, 0) is 12.8 Å². The van der Waals surface area contributed by atoms with Crippen molar-refractivity contribution in [2.75, 3.05) is 7.11 Å². The van der Waals surface area contributed by atoms with E-state index in [4.69, 9.17) is 4.74 Å². The van der Waals surface area contributed by atoms with Crippen LogP contribution in [0, 0.1) is 0 Å². The van der Waals surface area contributed by atoms with Gasteiger partial charge in [0.2, 0.25) is 4.96 Å². The molecule has 2 heterocycles. The number of hydrogen-bond acceptors (Lipinski definition) is 5. The number of benzene rings is 2. The molecule has 0 atom stereocenters. The third-order valence-corrected chi connectivity index (χ3v) is 4.96. The van der Waals surface area contributed by atoms with Crippen molar-refractivity contribution in [3.8, 4) is 5.75 Å². The Balaban J connectivity index is 1.53. The first kappa shape index (κ1) is 16.5. The van der Waals surface area contributed by atoms with E-state index in [0.717, 1.165) is 39.9 Å². The van der Waals surface area contributed by atoms with Crippen molar-refractivity contribution in [1.29, 1.82) is 0 Å². The molecule has 0 saturated carbocycles. The summed E-state index contributed by atoms with van der Waals surface area (Å²) < 4.78 is 7.22. The van der Waals surface area contributed by atoms with Gasteiger partial charge in [-0.3, -0.25) is 0 Å². The number of nitrogens with zero attached hydrogens (tertiary/aromatic N) is 4. The lowest BCUT2D eigenvalue weighted by atomic mass is 10.1. The minimum Gasteiger partial charge on any atom is -0.496 e. The highest BCUT2D eigenvalue weighted by molar-refractivity contribution is 7.17. The Morgan fingerprint density at radius 1 is 0.962 bits per heavy atom. The minimum atomic E-state index is 0.810. The van der Waals surface area contributed by atoms with E-state index >= 15 is 0 Å². The SMILES string of the molecule is COc1ccccc1C=Cc1nn2c(CCc3ccccc3)nnc2s1. The van der Waals surface area contributed by atoms with Gasteiger partial charge in [-0.15, -0.1) is 10.2 Å². The standard InChI is InChI=1S/C20H18N4OS/c1-25-17-10-6-5-9-16(17)12-14-19-23-24-18(21-22-20(24)26-19)13-11-15-7-3-2-4-8-15/h2-10,12,14H,11,13H2,1H3. The summed E-state index contributed by atoms with van der Waals surface area (Å²) in [7, 11) is 1.68. The van der Waals surface area contributed by atoms with Crippen LogP contribution in [0.5, 0.6) is 5.75 Å². The average molecular weight is 362 g/mol. The number of hydrogen-bond donors (Lipinski definition) is 0. The fraction of sp³-hybridized carbons (Fsp3) is 0.150. The van der Waals surface area contributed by atoms with Gasteiger partial charge in [-0.1, -0.05) is 59.9 Å². The molecular weight excluding hydrogens is 344 g/mol. The molecule has 0 bridgehead atoms. The van der Waals surface area contributed by atoms with Crippen LogP contribution in [0.4, 0.5) is 0 Å². The van der Waals surface area contributed by atoms with Gasteiger partial charge in [0.1, 0.15) is 10.8 Å². The molecule has 2 aromatic heterocycles. The maximum atomic E-state index is 5.37. The lowest BCUT2D eigenvalue weighted by Gasteiger charge is -2.02. The lowest BCUT2D eigenvalue weighted by molar-refractivity contribution is 0.414. The van der Waals surface area contributed by atoms with Crippen LogP contribution in [0.2, 0.25) is 0 Å². The van der Waals surface area contributed by atoms with E-state index < -0.39 is 0 Å². The second-order valence-electron chi connectivity index (χ2n) is 5.81. The van der Waals surface area contributed by atoms with Gasteiger partial charge < -0.3 is 4.74 Å². The predicted octanol–water partition coefficient (Wildman–Crippen LogP) is 4.15. The van der Waals surface area contributed by atoms with Crippen molar-refractivity contribution < 1.29 is 4.74 Å². The van der Waals surface area contributed by atoms with E-state index in [1.165, 1.54) is 16.9 Å². The third-order valence-electron chi connectivity index (χ3n) is 4.10. The minimum absolute atomic E-state index is 0.810. The van der Waals surface area contributed by atoms with Crippen LogP contribution in [0.25, 0.3) is 17.1 Å². The number of fused-ring (bicyclic) bond motifs is 1. The molecule has 0 aliphatic carbocycles. The summed E-state index contributed by atoms with van der Waals surface area (Å²) in [6.45, 7) is 0. The van der Waals surface area contributed by atoms with E-state index in [2.05, 4.69) is 39.6 Å². The molecule has 5 nitrogen and oxygen atoms in total. The van der Waals surface area contributed by atoms with Crippen LogP contribution in [0.3, 0.4) is 0 Å². The van der Waals surface area contributed by atoms with Crippen LogP contribution in [0.15, 0.2) is 54.6 Å². The Bertz CT molecular complexity index is 1040. The Morgan fingerprint density at radius 2 is 1.77 bits per heavy atom. The van der Waals surface area contributed by atoms with Gasteiger partial charge in [-0.05, 0) is 30.2 Å². The molecule has 130 valence electrons. The predicted molar refractivity (Wildman–Crippen MR) is 104 cm³/mol. The van der Waals surface area contributed by atoms with Crippen molar-refractivity contribution in [1.82, 2.24) is 19.8 Å². The van der Waals surface area contributed by atoms with Gasteiger partial charge >= 0.3 is 0 Å². The Kier molecular flexibility index (Phi) is 4.75. The molecule has 0 fully saturated rings. The van der Waals surface area contributed by atoms with E-state index in [-0.39, 0.29) is 0 Å². The smallest absolute Gasteiger partial charge is 0.234 e. The van der Waals surface area contributed by atoms with Crippen LogP contribution in [-0.4, -0.2) is 26.9 Å². The summed E-state index contributed by atoms with van der Waals surface area (Å²) in [5, 5.41) is 14.1. The first-order chi connectivity index (χ1) is 12.8. The normalized spacial score (nSPS) is 11.4. The molecule has 4 rings (SSSR count). The van der Waals surface area contributed by atoms with Crippen molar-refractivity contribution in [3.63, 3.8) is 0 Å². The molecule has 0 spiro atoms. The third kappa shape index (κ3) is 3.50. The molecule has 4 aromatic rings. The van der Waals surface area contributed by atoms with Gasteiger partial charge in [0, 0.05) is 12.0 Å². The molecule has 0 unspecified atom stereocenters. The van der Waals surface area contributed by atoms with Crippen LogP contribution in [0.1, 0.15) is 22.0 Å². The monoisotopic (exact) mass is 362 g/mol. The zero-order valence-electron chi connectivity index (χ0n) is 14.4. The first-order valence-electron chi connectivity index (χ1n) is 8.39. The van der Waals surface area contributed by atoms with E-state index in [0.29, 0.717) is 0 Å². The summed E-state index contributed by atoms with van der Waals surface area (Å²) in [4.78, 5) is 0.813. The fourth-order valence-corrected chi connectivity index (χ4v) is 3.52. The largest absolute Gasteiger partial charge is 0.496 e. The Morgan fingerprint density at radius 3 is 2.62 bits per heavy atom.